The molecule has 4 rings (SSSR count). The van der Waals surface area contributed by atoms with E-state index in [4.69, 9.17) is 27.9 Å². The number of halogens is 2. The van der Waals surface area contributed by atoms with Gasteiger partial charge in [-0.2, -0.15) is 5.26 Å². The summed E-state index contributed by atoms with van der Waals surface area (Å²) in [5, 5.41) is 12.9. The molecule has 0 atom stereocenters. The Kier molecular flexibility index (Phi) is 4.92. The van der Waals surface area contributed by atoms with Gasteiger partial charge in [0.15, 0.2) is 0 Å². The Bertz CT molecular complexity index is 1250. The van der Waals surface area contributed by atoms with E-state index in [-0.39, 0.29) is 5.88 Å². The molecule has 0 aliphatic carbocycles. The van der Waals surface area contributed by atoms with E-state index in [1.54, 1.807) is 18.2 Å². The lowest BCUT2D eigenvalue weighted by molar-refractivity contribution is 0.397. The molecular weight excluding hydrogens is 391 g/mol. The Morgan fingerprint density at radius 3 is 2.39 bits per heavy atom. The van der Waals surface area contributed by atoms with Crippen LogP contribution in [0.2, 0.25) is 10.0 Å². The highest BCUT2D eigenvalue weighted by atomic mass is 35.5. The maximum atomic E-state index is 9.70. The highest BCUT2D eigenvalue weighted by Gasteiger charge is 2.18. The third kappa shape index (κ3) is 3.29. The molecule has 0 aliphatic rings. The van der Waals surface area contributed by atoms with E-state index in [0.29, 0.717) is 32.4 Å². The number of methoxy groups -OCH3 is 1. The summed E-state index contributed by atoms with van der Waals surface area (Å²) in [5.74, 6) is 0.258. The van der Waals surface area contributed by atoms with E-state index in [2.05, 4.69) is 29.3 Å². The zero-order valence-corrected chi connectivity index (χ0v) is 16.4. The Morgan fingerprint density at radius 2 is 1.68 bits per heavy atom. The molecule has 0 saturated carbocycles. The standard InChI is InChI=1S/C23H14Cl2N2O/c1-28-23-20(13-26)19(18-9-8-17(24)11-21(18)25)12-22(27-23)16-7-6-14-4-2-3-5-15(14)10-16/h2-12H,1H3. The first-order valence-electron chi connectivity index (χ1n) is 8.54. The van der Waals surface area contributed by atoms with Crippen LogP contribution >= 0.6 is 23.2 Å². The Labute approximate surface area is 172 Å². The smallest absolute Gasteiger partial charge is 0.232 e. The summed E-state index contributed by atoms with van der Waals surface area (Å²) < 4.78 is 5.41. The van der Waals surface area contributed by atoms with Crippen LogP contribution in [0.4, 0.5) is 0 Å². The summed E-state index contributed by atoms with van der Waals surface area (Å²) in [4.78, 5) is 4.56. The number of ether oxygens (including phenoxy) is 1. The topological polar surface area (TPSA) is 45.9 Å². The average molecular weight is 405 g/mol. The van der Waals surface area contributed by atoms with Crippen molar-refractivity contribution in [3.05, 3.63) is 82.3 Å². The van der Waals surface area contributed by atoms with Gasteiger partial charge < -0.3 is 4.74 Å². The van der Waals surface area contributed by atoms with E-state index in [9.17, 15) is 5.26 Å². The molecule has 0 bridgehead atoms. The molecule has 0 aliphatic heterocycles. The van der Waals surface area contributed by atoms with E-state index in [1.807, 2.05) is 30.3 Å². The van der Waals surface area contributed by atoms with Gasteiger partial charge in [0, 0.05) is 26.7 Å². The molecule has 136 valence electrons. The molecule has 1 aromatic heterocycles. The van der Waals surface area contributed by atoms with Gasteiger partial charge in [-0.05, 0) is 35.0 Å². The highest BCUT2D eigenvalue weighted by molar-refractivity contribution is 6.36. The number of rotatable bonds is 3. The molecule has 0 spiro atoms. The lowest BCUT2D eigenvalue weighted by Gasteiger charge is -2.13. The summed E-state index contributed by atoms with van der Waals surface area (Å²) in [5.41, 5.74) is 3.30. The lowest BCUT2D eigenvalue weighted by atomic mass is 9.97. The van der Waals surface area contributed by atoms with Crippen LogP contribution in [0.1, 0.15) is 5.56 Å². The molecule has 0 amide bonds. The van der Waals surface area contributed by atoms with Gasteiger partial charge in [-0.3, -0.25) is 0 Å². The minimum Gasteiger partial charge on any atom is -0.480 e. The van der Waals surface area contributed by atoms with Gasteiger partial charge in [0.25, 0.3) is 0 Å². The van der Waals surface area contributed by atoms with Crippen molar-refractivity contribution in [2.75, 3.05) is 7.11 Å². The highest BCUT2D eigenvalue weighted by Crippen LogP contribution is 2.38. The van der Waals surface area contributed by atoms with Crippen molar-refractivity contribution >= 4 is 34.0 Å². The zero-order chi connectivity index (χ0) is 19.7. The number of hydrogen-bond donors (Lipinski definition) is 0. The van der Waals surface area contributed by atoms with Crippen molar-refractivity contribution in [3.63, 3.8) is 0 Å². The first-order chi connectivity index (χ1) is 13.6. The molecule has 3 aromatic carbocycles. The maximum absolute atomic E-state index is 9.70. The van der Waals surface area contributed by atoms with Crippen LogP contribution in [0.15, 0.2) is 66.7 Å². The van der Waals surface area contributed by atoms with Crippen molar-refractivity contribution in [2.24, 2.45) is 0 Å². The van der Waals surface area contributed by atoms with Gasteiger partial charge in [-0.1, -0.05) is 65.7 Å². The molecule has 0 saturated heterocycles. The quantitative estimate of drug-likeness (QED) is 0.379. The molecule has 1 heterocycles. The fraction of sp³-hybridized carbons (Fsp3) is 0.0435. The molecule has 0 radical (unpaired) electrons. The first-order valence-corrected chi connectivity index (χ1v) is 9.30. The monoisotopic (exact) mass is 404 g/mol. The fourth-order valence-corrected chi connectivity index (χ4v) is 3.70. The van der Waals surface area contributed by atoms with E-state index in [0.717, 1.165) is 16.3 Å². The molecule has 3 nitrogen and oxygen atoms in total. The molecule has 0 unspecified atom stereocenters. The molecule has 5 heteroatoms. The van der Waals surface area contributed by atoms with Gasteiger partial charge in [0.1, 0.15) is 11.6 Å². The Hall–Kier alpha value is -3.06. The van der Waals surface area contributed by atoms with E-state index in [1.165, 1.54) is 7.11 Å². The normalized spacial score (nSPS) is 10.6. The SMILES string of the molecule is COc1nc(-c2ccc3ccccc3c2)cc(-c2ccc(Cl)cc2Cl)c1C#N. The van der Waals surface area contributed by atoms with Gasteiger partial charge in [0.2, 0.25) is 5.88 Å². The van der Waals surface area contributed by atoms with Crippen LogP contribution in [-0.2, 0) is 0 Å². The lowest BCUT2D eigenvalue weighted by Crippen LogP contribution is -1.98. The van der Waals surface area contributed by atoms with E-state index < -0.39 is 0 Å². The molecule has 28 heavy (non-hydrogen) atoms. The van der Waals surface area contributed by atoms with Crippen molar-refractivity contribution in [1.82, 2.24) is 4.98 Å². The van der Waals surface area contributed by atoms with Crippen molar-refractivity contribution in [2.45, 2.75) is 0 Å². The summed E-state index contributed by atoms with van der Waals surface area (Å²) in [6, 6.07) is 23.5. The number of nitriles is 1. The Balaban J connectivity index is 1.97. The summed E-state index contributed by atoms with van der Waals surface area (Å²) in [6.07, 6.45) is 0. The van der Waals surface area contributed by atoms with Gasteiger partial charge >= 0.3 is 0 Å². The minimum atomic E-state index is 0.258. The number of benzene rings is 3. The van der Waals surface area contributed by atoms with Crippen LogP contribution in [0.25, 0.3) is 33.2 Å². The number of hydrogen-bond acceptors (Lipinski definition) is 3. The van der Waals surface area contributed by atoms with Crippen LogP contribution in [0.5, 0.6) is 5.88 Å². The first kappa shape index (κ1) is 18.3. The van der Waals surface area contributed by atoms with Crippen molar-refractivity contribution in [1.29, 1.82) is 5.26 Å². The fourth-order valence-electron chi connectivity index (χ4n) is 3.19. The number of fused-ring (bicyclic) bond motifs is 1. The summed E-state index contributed by atoms with van der Waals surface area (Å²) >= 11 is 12.4. The van der Waals surface area contributed by atoms with E-state index >= 15 is 0 Å². The molecule has 4 aromatic rings. The van der Waals surface area contributed by atoms with Gasteiger partial charge in [-0.25, -0.2) is 4.98 Å². The minimum absolute atomic E-state index is 0.258. The predicted molar refractivity (Wildman–Crippen MR) is 114 cm³/mol. The third-order valence-electron chi connectivity index (χ3n) is 4.56. The van der Waals surface area contributed by atoms with Crippen molar-refractivity contribution in [3.8, 4) is 34.3 Å². The Morgan fingerprint density at radius 1 is 0.893 bits per heavy atom. The molecule has 0 fully saturated rings. The predicted octanol–water partition coefficient (Wildman–Crippen LogP) is 6.76. The molecular formula is C23H14Cl2N2O. The number of aromatic nitrogens is 1. The summed E-state index contributed by atoms with van der Waals surface area (Å²) in [6.45, 7) is 0. The second-order valence-corrected chi connectivity index (χ2v) is 7.08. The zero-order valence-electron chi connectivity index (χ0n) is 14.9. The average Bonchev–Trinajstić information content (AvgIpc) is 2.72. The number of nitrogens with zero attached hydrogens (tertiary/aromatic N) is 2. The summed E-state index contributed by atoms with van der Waals surface area (Å²) in [7, 11) is 1.50. The van der Waals surface area contributed by atoms with Gasteiger partial charge in [-0.15, -0.1) is 0 Å². The van der Waals surface area contributed by atoms with Crippen LogP contribution in [0.3, 0.4) is 0 Å². The van der Waals surface area contributed by atoms with Crippen molar-refractivity contribution < 1.29 is 4.74 Å². The third-order valence-corrected chi connectivity index (χ3v) is 5.11. The largest absolute Gasteiger partial charge is 0.480 e. The maximum Gasteiger partial charge on any atom is 0.232 e. The van der Waals surface area contributed by atoms with Gasteiger partial charge in [0.05, 0.1) is 12.8 Å². The number of pyridine rings is 1. The van der Waals surface area contributed by atoms with Crippen LogP contribution in [-0.4, -0.2) is 12.1 Å². The second-order valence-electron chi connectivity index (χ2n) is 6.24. The van der Waals surface area contributed by atoms with Crippen LogP contribution < -0.4 is 4.74 Å². The van der Waals surface area contributed by atoms with Crippen LogP contribution in [0, 0.1) is 11.3 Å². The second kappa shape index (κ2) is 7.52. The molecule has 0 N–H and O–H groups in total.